The number of carboxylic acid groups (broad SMARTS) is 1. The maximum atomic E-state index is 11.8. The fourth-order valence-corrected chi connectivity index (χ4v) is 1.21. The molecule has 0 aliphatic heterocycles. The molecule has 1 aromatic carbocycles. The number of hydrogen-bond donors (Lipinski definition) is 1. The van der Waals surface area contributed by atoms with Gasteiger partial charge in [-0.25, -0.2) is 4.39 Å². The molecule has 0 spiro atoms. The average molecular weight is 240 g/mol. The third kappa shape index (κ3) is 5.10. The van der Waals surface area contributed by atoms with E-state index in [1.165, 1.54) is 0 Å². The highest BCUT2D eigenvalue weighted by molar-refractivity contribution is 5.81. The van der Waals surface area contributed by atoms with E-state index < -0.39 is 18.4 Å². The Balaban J connectivity index is 2.44. The number of benzene rings is 1. The lowest BCUT2D eigenvalue weighted by atomic mass is 10.1. The van der Waals surface area contributed by atoms with Gasteiger partial charge in [0, 0.05) is 6.42 Å². The number of Topliss-reactive ketones (excluding diaryl/α,β-unsaturated/α-hetero) is 1. The normalized spacial score (nSPS) is 9.94. The summed E-state index contributed by atoms with van der Waals surface area (Å²) in [5.41, 5.74) is 0.872. The smallest absolute Gasteiger partial charge is 0.303 e. The van der Waals surface area contributed by atoms with Crippen molar-refractivity contribution < 1.29 is 23.8 Å². The number of carbonyl (C=O) groups excluding carboxylic acids is 1. The van der Waals surface area contributed by atoms with Gasteiger partial charge in [-0.05, 0) is 24.1 Å². The van der Waals surface area contributed by atoms with Gasteiger partial charge in [-0.15, -0.1) is 0 Å². The molecular weight excluding hydrogens is 227 g/mol. The monoisotopic (exact) mass is 240 g/mol. The third-order valence-corrected chi connectivity index (χ3v) is 2.10. The zero-order valence-electron chi connectivity index (χ0n) is 9.19. The Morgan fingerprint density at radius 3 is 2.41 bits per heavy atom. The molecule has 0 aliphatic carbocycles. The Bertz CT molecular complexity index is 386. The van der Waals surface area contributed by atoms with Crippen molar-refractivity contribution in [2.24, 2.45) is 0 Å². The summed E-state index contributed by atoms with van der Waals surface area (Å²) in [6.07, 6.45) is 0.513. The Hall–Kier alpha value is -1.91. The summed E-state index contributed by atoms with van der Waals surface area (Å²) in [7, 11) is 0. The highest BCUT2D eigenvalue weighted by atomic mass is 19.1. The number of rotatable bonds is 7. The van der Waals surface area contributed by atoms with Crippen LogP contribution in [0.2, 0.25) is 0 Å². The van der Waals surface area contributed by atoms with Gasteiger partial charge in [0.25, 0.3) is 0 Å². The van der Waals surface area contributed by atoms with Crippen LogP contribution in [0.1, 0.15) is 12.0 Å². The molecule has 0 saturated heterocycles. The van der Waals surface area contributed by atoms with Gasteiger partial charge in [0.05, 0.1) is 0 Å². The van der Waals surface area contributed by atoms with Crippen molar-refractivity contribution in [2.45, 2.75) is 12.8 Å². The highest BCUT2D eigenvalue weighted by Crippen LogP contribution is 2.13. The quantitative estimate of drug-likeness (QED) is 0.786. The van der Waals surface area contributed by atoms with Crippen molar-refractivity contribution in [3.05, 3.63) is 29.8 Å². The van der Waals surface area contributed by atoms with Crippen molar-refractivity contribution in [1.82, 2.24) is 0 Å². The van der Waals surface area contributed by atoms with E-state index in [-0.39, 0.29) is 13.0 Å². The zero-order valence-corrected chi connectivity index (χ0v) is 9.19. The standard InChI is InChI=1S/C12H13FO4/c13-7-10(14)8-17-11-4-1-9(2-5-11)3-6-12(15)16/h1-2,4-5H,3,6-8H2,(H,15,16). The van der Waals surface area contributed by atoms with E-state index >= 15 is 0 Å². The van der Waals surface area contributed by atoms with Crippen LogP contribution in [0.5, 0.6) is 5.75 Å². The Labute approximate surface area is 98.0 Å². The molecule has 1 N–H and O–H groups in total. The predicted molar refractivity (Wildman–Crippen MR) is 58.9 cm³/mol. The van der Waals surface area contributed by atoms with E-state index in [1.54, 1.807) is 24.3 Å². The minimum absolute atomic E-state index is 0.0700. The minimum atomic E-state index is -1.03. The second-order valence-electron chi connectivity index (χ2n) is 3.50. The van der Waals surface area contributed by atoms with E-state index in [0.29, 0.717) is 12.2 Å². The highest BCUT2D eigenvalue weighted by Gasteiger charge is 2.03. The van der Waals surface area contributed by atoms with Gasteiger partial charge in [0.2, 0.25) is 5.78 Å². The van der Waals surface area contributed by atoms with E-state index in [9.17, 15) is 14.0 Å². The van der Waals surface area contributed by atoms with Crippen molar-refractivity contribution in [3.8, 4) is 5.75 Å². The molecule has 0 bridgehead atoms. The summed E-state index contributed by atoms with van der Waals surface area (Å²) in [4.78, 5) is 21.0. The molecule has 0 amide bonds. The maximum absolute atomic E-state index is 11.8. The van der Waals surface area contributed by atoms with E-state index in [2.05, 4.69) is 0 Å². The first kappa shape index (κ1) is 13.2. The molecule has 1 aromatic rings. The number of carboxylic acids is 1. The van der Waals surface area contributed by atoms with Crippen LogP contribution in [0.3, 0.4) is 0 Å². The molecule has 0 unspecified atom stereocenters. The second kappa shape index (κ2) is 6.62. The molecule has 0 fully saturated rings. The first-order chi connectivity index (χ1) is 8.11. The van der Waals surface area contributed by atoms with Crippen LogP contribution in [0, 0.1) is 0 Å². The number of ether oxygens (including phenoxy) is 1. The number of halogens is 1. The van der Waals surface area contributed by atoms with Gasteiger partial charge in [0.1, 0.15) is 12.4 Å². The summed E-state index contributed by atoms with van der Waals surface area (Å²) >= 11 is 0. The number of ketones is 1. The minimum Gasteiger partial charge on any atom is -0.486 e. The number of hydrogen-bond acceptors (Lipinski definition) is 3. The van der Waals surface area contributed by atoms with Gasteiger partial charge in [-0.1, -0.05) is 12.1 Å². The van der Waals surface area contributed by atoms with Crippen LogP contribution < -0.4 is 4.74 Å². The lowest BCUT2D eigenvalue weighted by molar-refractivity contribution is -0.137. The van der Waals surface area contributed by atoms with Crippen molar-refractivity contribution in [1.29, 1.82) is 0 Å². The van der Waals surface area contributed by atoms with Gasteiger partial charge < -0.3 is 9.84 Å². The number of aliphatic carboxylic acids is 1. The molecule has 5 heteroatoms. The topological polar surface area (TPSA) is 63.6 Å². The van der Waals surface area contributed by atoms with Crippen molar-refractivity contribution in [3.63, 3.8) is 0 Å². The summed E-state index contributed by atoms with van der Waals surface area (Å²) < 4.78 is 16.9. The molecule has 0 radical (unpaired) electrons. The first-order valence-electron chi connectivity index (χ1n) is 5.13. The Morgan fingerprint density at radius 2 is 1.88 bits per heavy atom. The van der Waals surface area contributed by atoms with E-state index in [1.807, 2.05) is 0 Å². The van der Waals surface area contributed by atoms with Crippen LogP contribution in [0.25, 0.3) is 0 Å². The molecule has 0 aliphatic rings. The Kier molecular flexibility index (Phi) is 5.13. The van der Waals surface area contributed by atoms with Gasteiger partial charge in [-0.2, -0.15) is 0 Å². The molecule has 0 heterocycles. The van der Waals surface area contributed by atoms with Crippen LogP contribution in [0.15, 0.2) is 24.3 Å². The number of aryl methyl sites for hydroxylation is 1. The van der Waals surface area contributed by atoms with Gasteiger partial charge >= 0.3 is 5.97 Å². The van der Waals surface area contributed by atoms with Crippen LogP contribution in [-0.2, 0) is 16.0 Å². The summed E-state index contributed by atoms with van der Waals surface area (Å²) in [5, 5.41) is 8.50. The molecular formula is C12H13FO4. The fourth-order valence-electron chi connectivity index (χ4n) is 1.21. The molecule has 4 nitrogen and oxygen atoms in total. The lowest BCUT2D eigenvalue weighted by Gasteiger charge is -2.05. The summed E-state index contributed by atoms with van der Waals surface area (Å²) in [6.45, 7) is -1.32. The third-order valence-electron chi connectivity index (χ3n) is 2.10. The number of carbonyl (C=O) groups is 2. The summed E-state index contributed by atoms with van der Waals surface area (Å²) in [5.74, 6) is -0.996. The van der Waals surface area contributed by atoms with Gasteiger partial charge in [-0.3, -0.25) is 9.59 Å². The van der Waals surface area contributed by atoms with Gasteiger partial charge in [0.15, 0.2) is 6.67 Å². The van der Waals surface area contributed by atoms with Crippen LogP contribution in [0.4, 0.5) is 4.39 Å². The fraction of sp³-hybridized carbons (Fsp3) is 0.333. The Morgan fingerprint density at radius 1 is 1.24 bits per heavy atom. The predicted octanol–water partition coefficient (Wildman–Crippen LogP) is 1.62. The molecule has 0 aromatic heterocycles. The van der Waals surface area contributed by atoms with Crippen LogP contribution >= 0.6 is 0 Å². The first-order valence-corrected chi connectivity index (χ1v) is 5.13. The molecule has 1 rings (SSSR count). The average Bonchev–Trinajstić information content (AvgIpc) is 2.34. The van der Waals surface area contributed by atoms with Crippen LogP contribution in [-0.4, -0.2) is 30.1 Å². The van der Waals surface area contributed by atoms with E-state index in [4.69, 9.17) is 9.84 Å². The SMILES string of the molecule is O=C(O)CCc1ccc(OCC(=O)CF)cc1. The molecule has 17 heavy (non-hydrogen) atoms. The largest absolute Gasteiger partial charge is 0.486 e. The zero-order chi connectivity index (χ0) is 12.7. The van der Waals surface area contributed by atoms with Crippen molar-refractivity contribution >= 4 is 11.8 Å². The maximum Gasteiger partial charge on any atom is 0.303 e. The van der Waals surface area contributed by atoms with Crippen molar-refractivity contribution in [2.75, 3.05) is 13.3 Å². The molecule has 92 valence electrons. The lowest BCUT2D eigenvalue weighted by Crippen LogP contribution is -2.12. The second-order valence-corrected chi connectivity index (χ2v) is 3.50. The number of alkyl halides is 1. The molecule has 0 atom stereocenters. The summed E-state index contributed by atoms with van der Waals surface area (Å²) in [6, 6.07) is 6.70. The molecule has 0 saturated carbocycles. The van der Waals surface area contributed by atoms with E-state index in [0.717, 1.165) is 5.56 Å².